The lowest BCUT2D eigenvalue weighted by atomic mass is 10.2. The Hall–Kier alpha value is -1.16. The molecule has 1 aromatic rings. The molecular weight excluding hydrogens is 210 g/mol. The maximum Gasteiger partial charge on any atom is 0.411 e. The smallest absolute Gasteiger partial charge is 0.411 e. The normalized spacial score (nSPS) is 10.1. The van der Waals surface area contributed by atoms with E-state index in [9.17, 15) is 4.79 Å². The number of benzene rings is 1. The number of rotatable bonds is 3. The summed E-state index contributed by atoms with van der Waals surface area (Å²) in [5.41, 5.74) is 0.662. The van der Waals surface area contributed by atoms with Gasteiger partial charge in [0, 0.05) is 4.90 Å². The molecule has 0 bridgehead atoms. The molecule has 0 unspecified atom stereocenters. The van der Waals surface area contributed by atoms with Gasteiger partial charge >= 0.3 is 6.09 Å². The molecule has 1 rings (SSSR count). The summed E-state index contributed by atoms with van der Waals surface area (Å²) in [6, 6.07) is 7.27. The summed E-state index contributed by atoms with van der Waals surface area (Å²) in [5, 5.41) is 2.63. The topological polar surface area (TPSA) is 38.3 Å². The van der Waals surface area contributed by atoms with E-state index in [4.69, 9.17) is 4.74 Å². The zero-order valence-electron chi connectivity index (χ0n) is 8.86. The van der Waals surface area contributed by atoms with Crippen LogP contribution in [0.5, 0.6) is 0 Å². The van der Waals surface area contributed by atoms with E-state index in [-0.39, 0.29) is 0 Å². The Morgan fingerprint density at radius 3 is 2.73 bits per heavy atom. The average Bonchev–Trinajstić information content (AvgIpc) is 2.18. The zero-order valence-corrected chi connectivity index (χ0v) is 9.75. The first-order valence-electron chi connectivity index (χ1n) is 4.81. The Labute approximate surface area is 95.2 Å². The van der Waals surface area contributed by atoms with E-state index in [0.717, 1.165) is 4.90 Å². The Kier molecular flexibility index (Phi) is 4.49. The van der Waals surface area contributed by atoms with Crippen molar-refractivity contribution in [3.63, 3.8) is 0 Å². The van der Waals surface area contributed by atoms with Crippen LogP contribution in [0.1, 0.15) is 13.8 Å². The first kappa shape index (κ1) is 11.9. The van der Waals surface area contributed by atoms with E-state index >= 15 is 0 Å². The highest BCUT2D eigenvalue weighted by molar-refractivity contribution is 7.80. The molecule has 82 valence electrons. The van der Waals surface area contributed by atoms with Crippen molar-refractivity contribution in [2.24, 2.45) is 5.92 Å². The SMILES string of the molecule is CC(C)COC(=O)Nc1ccccc1S. The third-order valence-electron chi connectivity index (χ3n) is 1.69. The molecule has 1 aromatic carbocycles. The van der Waals surface area contributed by atoms with E-state index in [1.165, 1.54) is 0 Å². The van der Waals surface area contributed by atoms with Crippen LogP contribution in [0.2, 0.25) is 0 Å². The lowest BCUT2D eigenvalue weighted by molar-refractivity contribution is 0.147. The maximum absolute atomic E-state index is 11.3. The molecule has 0 saturated carbocycles. The number of ether oxygens (including phenoxy) is 1. The second-order valence-corrected chi connectivity index (χ2v) is 4.12. The fraction of sp³-hybridized carbons (Fsp3) is 0.364. The van der Waals surface area contributed by atoms with Crippen LogP contribution in [0.3, 0.4) is 0 Å². The molecular formula is C11H15NO2S. The number of hydrogen-bond donors (Lipinski definition) is 2. The molecule has 0 heterocycles. The van der Waals surface area contributed by atoms with Crippen molar-refractivity contribution in [3.8, 4) is 0 Å². The van der Waals surface area contributed by atoms with E-state index in [1.54, 1.807) is 12.1 Å². The number of carbonyl (C=O) groups is 1. The summed E-state index contributed by atoms with van der Waals surface area (Å²) in [6.07, 6.45) is -0.440. The molecule has 0 saturated heterocycles. The van der Waals surface area contributed by atoms with E-state index in [1.807, 2.05) is 26.0 Å². The minimum atomic E-state index is -0.440. The van der Waals surface area contributed by atoms with E-state index < -0.39 is 6.09 Å². The predicted molar refractivity (Wildman–Crippen MR) is 63.5 cm³/mol. The van der Waals surface area contributed by atoms with Crippen LogP contribution in [-0.4, -0.2) is 12.7 Å². The molecule has 0 spiro atoms. The second kappa shape index (κ2) is 5.66. The molecule has 0 aromatic heterocycles. The second-order valence-electron chi connectivity index (χ2n) is 3.63. The van der Waals surface area contributed by atoms with Crippen molar-refractivity contribution in [2.45, 2.75) is 18.7 Å². The van der Waals surface area contributed by atoms with E-state index in [0.29, 0.717) is 18.2 Å². The summed E-state index contributed by atoms with van der Waals surface area (Å²) in [6.45, 7) is 4.39. The lowest BCUT2D eigenvalue weighted by Crippen LogP contribution is -2.16. The molecule has 4 heteroatoms. The number of nitrogens with one attached hydrogen (secondary N) is 1. The van der Waals surface area contributed by atoms with Gasteiger partial charge in [-0.25, -0.2) is 4.79 Å². The van der Waals surface area contributed by atoms with Gasteiger partial charge in [0.15, 0.2) is 0 Å². The van der Waals surface area contributed by atoms with Crippen molar-refractivity contribution in [1.29, 1.82) is 0 Å². The number of anilines is 1. The van der Waals surface area contributed by atoms with Gasteiger partial charge in [-0.15, -0.1) is 12.6 Å². The summed E-state index contributed by atoms with van der Waals surface area (Å²) in [7, 11) is 0. The molecule has 1 N–H and O–H groups in total. The summed E-state index contributed by atoms with van der Waals surface area (Å²) in [5.74, 6) is 0.335. The van der Waals surface area contributed by atoms with E-state index in [2.05, 4.69) is 17.9 Å². The van der Waals surface area contributed by atoms with Crippen molar-refractivity contribution < 1.29 is 9.53 Å². The molecule has 0 radical (unpaired) electrons. The molecule has 0 fully saturated rings. The lowest BCUT2D eigenvalue weighted by Gasteiger charge is -2.09. The van der Waals surface area contributed by atoms with Crippen molar-refractivity contribution in [1.82, 2.24) is 0 Å². The number of para-hydroxylation sites is 1. The van der Waals surface area contributed by atoms with Crippen LogP contribution >= 0.6 is 12.6 Å². The quantitative estimate of drug-likeness (QED) is 0.775. The first-order chi connectivity index (χ1) is 7.09. The van der Waals surface area contributed by atoms with Gasteiger partial charge < -0.3 is 4.74 Å². The van der Waals surface area contributed by atoms with Crippen LogP contribution in [0, 0.1) is 5.92 Å². The summed E-state index contributed by atoms with van der Waals surface area (Å²) < 4.78 is 4.98. The first-order valence-corrected chi connectivity index (χ1v) is 5.26. The average molecular weight is 225 g/mol. The maximum atomic E-state index is 11.3. The summed E-state index contributed by atoms with van der Waals surface area (Å²) >= 11 is 4.21. The highest BCUT2D eigenvalue weighted by atomic mass is 32.1. The number of hydrogen-bond acceptors (Lipinski definition) is 3. The van der Waals surface area contributed by atoms with Gasteiger partial charge in [-0.3, -0.25) is 5.32 Å². The van der Waals surface area contributed by atoms with Gasteiger partial charge in [0.2, 0.25) is 0 Å². The minimum Gasteiger partial charge on any atom is -0.449 e. The van der Waals surface area contributed by atoms with Gasteiger partial charge in [-0.2, -0.15) is 0 Å². The van der Waals surface area contributed by atoms with Crippen molar-refractivity contribution in [2.75, 3.05) is 11.9 Å². The van der Waals surface area contributed by atoms with Crippen LogP contribution < -0.4 is 5.32 Å². The molecule has 3 nitrogen and oxygen atoms in total. The molecule has 0 atom stereocenters. The molecule has 15 heavy (non-hydrogen) atoms. The zero-order chi connectivity index (χ0) is 11.3. The fourth-order valence-electron chi connectivity index (χ4n) is 0.968. The predicted octanol–water partition coefficient (Wildman–Crippen LogP) is 3.18. The Morgan fingerprint density at radius 2 is 2.13 bits per heavy atom. The highest BCUT2D eigenvalue weighted by Gasteiger charge is 2.05. The van der Waals surface area contributed by atoms with Crippen LogP contribution in [-0.2, 0) is 4.74 Å². The Morgan fingerprint density at radius 1 is 1.47 bits per heavy atom. The van der Waals surface area contributed by atoms with Gasteiger partial charge in [0.25, 0.3) is 0 Å². The molecule has 1 amide bonds. The highest BCUT2D eigenvalue weighted by Crippen LogP contribution is 2.18. The van der Waals surface area contributed by atoms with Gasteiger partial charge in [-0.05, 0) is 18.1 Å². The van der Waals surface area contributed by atoms with Gasteiger partial charge in [0.05, 0.1) is 12.3 Å². The van der Waals surface area contributed by atoms with Crippen LogP contribution in [0.25, 0.3) is 0 Å². The van der Waals surface area contributed by atoms with Crippen LogP contribution in [0.4, 0.5) is 10.5 Å². The van der Waals surface area contributed by atoms with Crippen LogP contribution in [0.15, 0.2) is 29.2 Å². The monoisotopic (exact) mass is 225 g/mol. The van der Waals surface area contributed by atoms with Crippen molar-refractivity contribution in [3.05, 3.63) is 24.3 Å². The number of carbonyl (C=O) groups excluding carboxylic acids is 1. The Balaban J connectivity index is 2.48. The standard InChI is InChI=1S/C11H15NO2S/c1-8(2)7-14-11(13)12-9-5-3-4-6-10(9)15/h3-6,8,15H,7H2,1-2H3,(H,12,13). The molecule has 0 aliphatic heterocycles. The van der Waals surface area contributed by atoms with Gasteiger partial charge in [0.1, 0.15) is 0 Å². The third-order valence-corrected chi connectivity index (χ3v) is 2.08. The number of amides is 1. The third kappa shape index (κ3) is 4.25. The van der Waals surface area contributed by atoms with Crippen molar-refractivity contribution >= 4 is 24.4 Å². The fourth-order valence-corrected chi connectivity index (χ4v) is 1.18. The largest absolute Gasteiger partial charge is 0.449 e. The van der Waals surface area contributed by atoms with Gasteiger partial charge in [-0.1, -0.05) is 26.0 Å². The molecule has 0 aliphatic rings. The minimum absolute atomic E-state index is 0.335. The number of thiol groups is 1. The molecule has 0 aliphatic carbocycles. The summed E-state index contributed by atoms with van der Waals surface area (Å²) in [4.78, 5) is 12.0. The Bertz CT molecular complexity index is 339.